The normalized spacial score (nSPS) is 41.3. The number of carbonyl (C=O) groups is 2. The van der Waals surface area contributed by atoms with Crippen molar-refractivity contribution >= 4 is 11.8 Å². The Bertz CT molecular complexity index is 1280. The molecule has 1 aliphatic heterocycles. The minimum Gasteiger partial charge on any atom is -0.451 e. The summed E-state index contributed by atoms with van der Waals surface area (Å²) in [7, 11) is 0. The van der Waals surface area contributed by atoms with E-state index in [4.69, 9.17) is 18.7 Å². The van der Waals surface area contributed by atoms with Crippen molar-refractivity contribution in [3.8, 4) is 0 Å². The van der Waals surface area contributed by atoms with Gasteiger partial charge in [-0.3, -0.25) is 4.79 Å². The zero-order valence-corrected chi connectivity index (χ0v) is 24.3. The number of ether oxygens (including phenoxy) is 3. The molecule has 39 heavy (non-hydrogen) atoms. The third-order valence-corrected chi connectivity index (χ3v) is 10.6. The van der Waals surface area contributed by atoms with Gasteiger partial charge in [-0.25, -0.2) is 4.79 Å². The second kappa shape index (κ2) is 8.37. The smallest absolute Gasteiger partial charge is 0.344 e. The lowest BCUT2D eigenvalue weighted by Crippen LogP contribution is -2.68. The van der Waals surface area contributed by atoms with Gasteiger partial charge in [0.2, 0.25) is 0 Å². The summed E-state index contributed by atoms with van der Waals surface area (Å²) in [4.78, 5) is 28.6. The topological polar surface area (TPSA) is 108 Å². The summed E-state index contributed by atoms with van der Waals surface area (Å²) in [5.41, 5.74) is -0.873. The molecule has 8 nitrogen and oxygen atoms in total. The van der Waals surface area contributed by atoms with E-state index in [1.54, 1.807) is 0 Å². The van der Waals surface area contributed by atoms with Crippen LogP contribution >= 0.6 is 0 Å². The number of hydrogen-bond donors (Lipinski definition) is 1. The summed E-state index contributed by atoms with van der Waals surface area (Å²) in [6.07, 6.45) is 3.71. The highest BCUT2D eigenvalue weighted by Gasteiger charge is 2.77. The molecule has 0 aromatic carbocycles. The lowest BCUT2D eigenvalue weighted by molar-refractivity contribution is -0.302. The summed E-state index contributed by atoms with van der Waals surface area (Å²) in [5, 5.41) is 17.2. The summed E-state index contributed by atoms with van der Waals surface area (Å²) in [6, 6.07) is 0. The molecule has 1 aromatic rings. The minimum atomic E-state index is -1.85. The van der Waals surface area contributed by atoms with E-state index in [-0.39, 0.29) is 35.6 Å². The summed E-state index contributed by atoms with van der Waals surface area (Å²) < 4.78 is 24.2. The van der Waals surface area contributed by atoms with Gasteiger partial charge >= 0.3 is 5.97 Å². The standard InChI is InChI=1S/C31H41NO7/c1-9-20-22(21(10-2)39-32-20)27(34)37-25-15(3)13-30-16(4)11-19-23(28(19,5)6)18(24(30)33)12-17-14-36-29(7,8)38-26(17)31(25,30)35/h12-13,16,18-19,23,25-26,35H,9-11,14H2,1-8H3/t16-,18+,19-,23+,25+,26-,30+,31-/m1/s1. The molecule has 2 saturated carbocycles. The Morgan fingerprint density at radius 3 is 2.59 bits per heavy atom. The molecule has 0 amide bonds. The first kappa shape index (κ1) is 26.9. The van der Waals surface area contributed by atoms with Crippen molar-refractivity contribution in [1.82, 2.24) is 5.16 Å². The zero-order valence-electron chi connectivity index (χ0n) is 24.3. The highest BCUT2D eigenvalue weighted by Crippen LogP contribution is 2.72. The number of carbonyl (C=O) groups excluding carboxylic acids is 2. The van der Waals surface area contributed by atoms with Gasteiger partial charge < -0.3 is 23.8 Å². The van der Waals surface area contributed by atoms with Gasteiger partial charge in [0.15, 0.2) is 29.0 Å². The van der Waals surface area contributed by atoms with E-state index in [1.165, 1.54) is 0 Å². The van der Waals surface area contributed by atoms with Gasteiger partial charge in [-0.1, -0.05) is 51.9 Å². The predicted octanol–water partition coefficient (Wildman–Crippen LogP) is 4.59. The van der Waals surface area contributed by atoms with Gasteiger partial charge in [-0.05, 0) is 67.9 Å². The number of aromatic nitrogens is 1. The molecule has 1 aromatic heterocycles. The monoisotopic (exact) mass is 539 g/mol. The number of hydrogen-bond acceptors (Lipinski definition) is 8. The number of aryl methyl sites for hydroxylation is 2. The van der Waals surface area contributed by atoms with E-state index in [9.17, 15) is 14.7 Å². The van der Waals surface area contributed by atoms with Crippen molar-refractivity contribution < 1.29 is 33.4 Å². The average molecular weight is 540 g/mol. The van der Waals surface area contributed by atoms with E-state index in [0.717, 1.165) is 12.0 Å². The van der Waals surface area contributed by atoms with Gasteiger partial charge in [-0.15, -0.1) is 0 Å². The number of allylic oxidation sites excluding steroid dienone is 1. The fourth-order valence-corrected chi connectivity index (χ4v) is 8.54. The Labute approximate surface area is 230 Å². The Hall–Kier alpha value is -2.29. The number of fused-ring (bicyclic) bond motifs is 5. The molecule has 6 rings (SSSR count). The predicted molar refractivity (Wildman–Crippen MR) is 142 cm³/mol. The molecule has 4 aliphatic carbocycles. The molecule has 2 bridgehead atoms. The largest absolute Gasteiger partial charge is 0.451 e. The lowest BCUT2D eigenvalue weighted by Gasteiger charge is -2.52. The highest BCUT2D eigenvalue weighted by molar-refractivity contribution is 5.96. The van der Waals surface area contributed by atoms with E-state index >= 15 is 0 Å². The summed E-state index contributed by atoms with van der Waals surface area (Å²) >= 11 is 0. The van der Waals surface area contributed by atoms with Gasteiger partial charge in [0.25, 0.3) is 0 Å². The average Bonchev–Trinajstić information content (AvgIpc) is 3.15. The first-order valence-corrected chi connectivity index (χ1v) is 14.4. The third-order valence-electron chi connectivity index (χ3n) is 10.6. The van der Waals surface area contributed by atoms with Crippen molar-refractivity contribution in [3.63, 3.8) is 0 Å². The van der Waals surface area contributed by atoms with Crippen LogP contribution in [-0.2, 0) is 31.8 Å². The quantitative estimate of drug-likeness (QED) is 0.437. The van der Waals surface area contributed by atoms with Crippen LogP contribution in [-0.4, -0.2) is 52.2 Å². The number of aliphatic hydroxyl groups is 1. The van der Waals surface area contributed by atoms with Crippen molar-refractivity contribution in [2.75, 3.05) is 6.61 Å². The van der Waals surface area contributed by atoms with E-state index in [1.807, 2.05) is 46.8 Å². The number of Topliss-reactive ketones (excluding diaryl/α,β-unsaturated/α-hetero) is 1. The molecule has 2 heterocycles. The van der Waals surface area contributed by atoms with E-state index < -0.39 is 35.0 Å². The summed E-state index contributed by atoms with van der Waals surface area (Å²) in [5.74, 6) is -1.17. The van der Waals surface area contributed by atoms with Crippen LogP contribution in [0.4, 0.5) is 0 Å². The Morgan fingerprint density at radius 2 is 1.92 bits per heavy atom. The maximum absolute atomic E-state index is 14.8. The van der Waals surface area contributed by atoms with Crippen LogP contribution in [0.5, 0.6) is 0 Å². The van der Waals surface area contributed by atoms with Gasteiger partial charge in [0.05, 0.1) is 17.7 Å². The Balaban J connectivity index is 1.51. The maximum atomic E-state index is 14.8. The zero-order chi connectivity index (χ0) is 28.3. The molecular weight excluding hydrogens is 498 g/mol. The number of esters is 1. The molecule has 8 atom stereocenters. The molecule has 0 unspecified atom stereocenters. The van der Waals surface area contributed by atoms with Crippen LogP contribution in [0.2, 0.25) is 0 Å². The van der Waals surface area contributed by atoms with Crippen LogP contribution < -0.4 is 0 Å². The molecule has 3 fully saturated rings. The molecule has 1 saturated heterocycles. The van der Waals surface area contributed by atoms with Gasteiger partial charge in [-0.2, -0.15) is 0 Å². The Morgan fingerprint density at radius 1 is 1.21 bits per heavy atom. The third kappa shape index (κ3) is 3.37. The lowest BCUT2D eigenvalue weighted by atomic mass is 9.59. The molecule has 1 spiro atoms. The van der Waals surface area contributed by atoms with Gasteiger partial charge in [0.1, 0.15) is 11.7 Å². The molecule has 212 valence electrons. The molecule has 5 aliphatic rings. The molecule has 0 radical (unpaired) electrons. The van der Waals surface area contributed by atoms with Crippen molar-refractivity contribution in [1.29, 1.82) is 0 Å². The Kier molecular flexibility index (Phi) is 5.77. The first-order chi connectivity index (χ1) is 18.2. The van der Waals surface area contributed by atoms with Crippen LogP contribution in [0.1, 0.15) is 83.6 Å². The highest BCUT2D eigenvalue weighted by atomic mass is 16.7. The van der Waals surface area contributed by atoms with E-state index in [2.05, 4.69) is 25.9 Å². The van der Waals surface area contributed by atoms with Crippen LogP contribution in [0, 0.1) is 34.5 Å². The fourth-order valence-electron chi connectivity index (χ4n) is 8.54. The van der Waals surface area contributed by atoms with Crippen LogP contribution in [0.3, 0.4) is 0 Å². The van der Waals surface area contributed by atoms with Crippen molar-refractivity contribution in [3.05, 3.63) is 40.3 Å². The van der Waals surface area contributed by atoms with Crippen LogP contribution in [0.15, 0.2) is 27.8 Å². The second-order valence-corrected chi connectivity index (χ2v) is 13.4. The molecular formula is C31H41NO7. The molecule has 1 N–H and O–H groups in total. The molecule has 8 heteroatoms. The minimum absolute atomic E-state index is 0.00903. The fraction of sp³-hybridized carbons (Fsp3) is 0.710. The first-order valence-electron chi connectivity index (χ1n) is 14.4. The second-order valence-electron chi connectivity index (χ2n) is 13.4. The number of ketones is 1. The van der Waals surface area contributed by atoms with Crippen LogP contribution in [0.25, 0.3) is 0 Å². The number of rotatable bonds is 4. The number of nitrogens with zero attached hydrogens (tertiary/aromatic N) is 1. The van der Waals surface area contributed by atoms with Crippen molar-refractivity contribution in [2.24, 2.45) is 34.5 Å². The van der Waals surface area contributed by atoms with E-state index in [0.29, 0.717) is 41.4 Å². The van der Waals surface area contributed by atoms with Crippen molar-refractivity contribution in [2.45, 2.75) is 98.2 Å². The SMILES string of the molecule is CCc1noc(CC)c1C(=O)O[C@H]1C(C)=C[C@]23C(=O)[C@@H](C=C4COC(C)(C)O[C@H]4[C@]12O)[C@H]1[C@@H](C[C@H]3C)C1(C)C. The van der Waals surface area contributed by atoms with Gasteiger partial charge in [0, 0.05) is 12.3 Å². The maximum Gasteiger partial charge on any atom is 0.344 e. The summed E-state index contributed by atoms with van der Waals surface area (Å²) in [6.45, 7) is 16.0.